The van der Waals surface area contributed by atoms with E-state index < -0.39 is 17.6 Å². The zero-order valence-corrected chi connectivity index (χ0v) is 12.0. The summed E-state index contributed by atoms with van der Waals surface area (Å²) in [5.74, 6) is -1.25. The number of nitrogens with one attached hydrogen (secondary N) is 1. The highest BCUT2D eigenvalue weighted by Gasteiger charge is 2.06. The number of hydrogen-bond acceptors (Lipinski definition) is 4. The topological polar surface area (TPSA) is 108 Å². The van der Waals surface area contributed by atoms with Gasteiger partial charge < -0.3 is 15.9 Å². The number of hydrogen-bond donors (Lipinski definition) is 4. The lowest BCUT2D eigenvalue weighted by molar-refractivity contribution is 0.249. The average Bonchev–Trinajstić information content (AvgIpc) is 2.43. The molecule has 2 rings (SSSR count). The van der Waals surface area contributed by atoms with Crippen molar-refractivity contribution in [2.45, 2.75) is 0 Å². The Balaban J connectivity index is 0.00000242. The van der Waals surface area contributed by atoms with Crippen LogP contribution in [0, 0.1) is 5.82 Å². The Hall–Kier alpha value is -2.80. The number of halogens is 2. The van der Waals surface area contributed by atoms with Gasteiger partial charge in [0.05, 0.1) is 6.21 Å². The minimum atomic E-state index is -0.831. The minimum Gasteiger partial charge on any atom is -0.507 e. The molecule has 0 radical (unpaired) electrons. The van der Waals surface area contributed by atoms with Gasteiger partial charge in [-0.1, -0.05) is 12.1 Å². The van der Waals surface area contributed by atoms with Crippen LogP contribution in [0.1, 0.15) is 5.56 Å². The molecule has 0 aliphatic heterocycles. The van der Waals surface area contributed by atoms with Crippen LogP contribution in [0.15, 0.2) is 41.5 Å². The second-order valence-corrected chi connectivity index (χ2v) is 4.17. The number of amides is 2. The van der Waals surface area contributed by atoms with E-state index >= 15 is 0 Å². The number of hydrazone groups is 1. The second kappa shape index (κ2) is 7.28. The Morgan fingerprint density at radius 3 is 2.32 bits per heavy atom. The number of carbonyl (C=O) groups excluding carboxylic acids is 1. The predicted molar refractivity (Wildman–Crippen MR) is 82.7 cm³/mol. The van der Waals surface area contributed by atoms with Crippen LogP contribution in [0.4, 0.5) is 9.18 Å². The van der Waals surface area contributed by atoms with Gasteiger partial charge in [0.2, 0.25) is 0 Å². The van der Waals surface area contributed by atoms with Crippen LogP contribution < -0.4 is 11.2 Å². The van der Waals surface area contributed by atoms with Crippen LogP contribution in [0.2, 0.25) is 0 Å². The highest BCUT2D eigenvalue weighted by molar-refractivity contribution is 5.87. The molecule has 0 spiro atoms. The van der Waals surface area contributed by atoms with Gasteiger partial charge in [0.15, 0.2) is 11.6 Å². The third-order valence-corrected chi connectivity index (χ3v) is 2.69. The molecule has 8 heteroatoms. The summed E-state index contributed by atoms with van der Waals surface area (Å²) in [6.07, 6.45) is 1.21. The summed E-state index contributed by atoms with van der Waals surface area (Å²) in [7, 11) is 0. The molecule has 0 aliphatic carbocycles. The first-order valence-corrected chi connectivity index (χ1v) is 5.88. The largest absolute Gasteiger partial charge is 0.507 e. The van der Waals surface area contributed by atoms with Crippen LogP contribution in [-0.4, -0.2) is 22.5 Å². The molecule has 0 fully saturated rings. The van der Waals surface area contributed by atoms with Gasteiger partial charge in [0, 0.05) is 5.56 Å². The first-order valence-electron chi connectivity index (χ1n) is 5.88. The van der Waals surface area contributed by atoms with Gasteiger partial charge in [0.1, 0.15) is 5.75 Å². The summed E-state index contributed by atoms with van der Waals surface area (Å²) in [5, 5.41) is 22.4. The summed E-state index contributed by atoms with van der Waals surface area (Å²) >= 11 is 0. The van der Waals surface area contributed by atoms with Gasteiger partial charge in [-0.2, -0.15) is 5.10 Å². The van der Waals surface area contributed by atoms with Crippen molar-refractivity contribution >= 4 is 24.7 Å². The van der Waals surface area contributed by atoms with E-state index in [9.17, 15) is 14.3 Å². The average molecular weight is 326 g/mol. The molecule has 2 aromatic rings. The molecule has 0 saturated carbocycles. The van der Waals surface area contributed by atoms with E-state index in [1.165, 1.54) is 30.5 Å². The molecule has 5 N–H and O–H groups in total. The maximum atomic E-state index is 13.3. The minimum absolute atomic E-state index is 0. The molecule has 0 saturated heterocycles. The molecular formula is C14H13ClFN3O3. The molecule has 0 aliphatic rings. The molecule has 0 unspecified atom stereocenters. The fourth-order valence-corrected chi connectivity index (χ4v) is 1.69. The van der Waals surface area contributed by atoms with Gasteiger partial charge in [-0.15, -0.1) is 12.4 Å². The number of rotatable bonds is 3. The number of primary amides is 1. The van der Waals surface area contributed by atoms with Crippen molar-refractivity contribution in [3.63, 3.8) is 0 Å². The van der Waals surface area contributed by atoms with Crippen LogP contribution >= 0.6 is 12.4 Å². The van der Waals surface area contributed by atoms with Crippen molar-refractivity contribution in [2.24, 2.45) is 10.8 Å². The summed E-state index contributed by atoms with van der Waals surface area (Å²) < 4.78 is 13.3. The smallest absolute Gasteiger partial charge is 0.332 e. The Bertz CT molecular complexity index is 722. The molecule has 116 valence electrons. The molecule has 22 heavy (non-hydrogen) atoms. The molecule has 0 atom stereocenters. The van der Waals surface area contributed by atoms with Crippen LogP contribution in [0.3, 0.4) is 0 Å². The van der Waals surface area contributed by atoms with Gasteiger partial charge in [0.25, 0.3) is 0 Å². The zero-order chi connectivity index (χ0) is 15.4. The molecular weight excluding hydrogens is 313 g/mol. The monoisotopic (exact) mass is 325 g/mol. The van der Waals surface area contributed by atoms with Gasteiger partial charge in [-0.05, 0) is 35.4 Å². The van der Waals surface area contributed by atoms with Crippen molar-refractivity contribution < 1.29 is 19.4 Å². The number of nitrogens with zero attached hydrogens (tertiary/aromatic N) is 1. The number of phenols is 2. The highest BCUT2D eigenvalue weighted by Crippen LogP contribution is 2.28. The number of urea groups is 1. The van der Waals surface area contributed by atoms with E-state index in [0.29, 0.717) is 16.7 Å². The summed E-state index contributed by atoms with van der Waals surface area (Å²) in [4.78, 5) is 10.5. The SMILES string of the molecule is Cl.NC(=O)NN=Cc1cc(-c2ccc(O)c(F)c2)ccc1O. The third-order valence-electron chi connectivity index (χ3n) is 2.69. The van der Waals surface area contributed by atoms with Crippen molar-refractivity contribution in [1.82, 2.24) is 5.43 Å². The van der Waals surface area contributed by atoms with Crippen molar-refractivity contribution in [3.05, 3.63) is 47.8 Å². The van der Waals surface area contributed by atoms with E-state index in [1.807, 2.05) is 5.43 Å². The third kappa shape index (κ3) is 4.10. The molecule has 0 heterocycles. The summed E-state index contributed by atoms with van der Waals surface area (Å²) in [5.41, 5.74) is 8.29. The van der Waals surface area contributed by atoms with E-state index in [0.717, 1.165) is 0 Å². The van der Waals surface area contributed by atoms with Crippen molar-refractivity contribution in [2.75, 3.05) is 0 Å². The Labute approximate surface area is 131 Å². The van der Waals surface area contributed by atoms with Crippen LogP contribution in [-0.2, 0) is 0 Å². The molecule has 0 bridgehead atoms. The molecule has 0 aromatic heterocycles. The normalized spacial score (nSPS) is 10.2. The standard InChI is InChI=1S/C14H12FN3O3.ClH/c15-11-6-9(2-4-13(11)20)8-1-3-12(19)10(5-8)7-17-18-14(16)21;/h1-7,19-20H,(H3,16,18,21);1H. The lowest BCUT2D eigenvalue weighted by atomic mass is 10.0. The number of phenolic OH excluding ortho intramolecular Hbond substituents is 2. The molecule has 2 aromatic carbocycles. The van der Waals surface area contributed by atoms with Crippen LogP contribution in [0.5, 0.6) is 11.5 Å². The maximum absolute atomic E-state index is 13.3. The van der Waals surface area contributed by atoms with Gasteiger partial charge in [-0.3, -0.25) is 0 Å². The number of aromatic hydroxyl groups is 2. The molecule has 6 nitrogen and oxygen atoms in total. The zero-order valence-electron chi connectivity index (χ0n) is 11.2. The van der Waals surface area contributed by atoms with Gasteiger partial charge in [-0.25, -0.2) is 14.6 Å². The van der Waals surface area contributed by atoms with Crippen molar-refractivity contribution in [1.29, 1.82) is 0 Å². The Morgan fingerprint density at radius 1 is 1.14 bits per heavy atom. The fraction of sp³-hybridized carbons (Fsp3) is 0. The lowest BCUT2D eigenvalue weighted by Crippen LogP contribution is -2.24. The van der Waals surface area contributed by atoms with Crippen molar-refractivity contribution in [3.8, 4) is 22.6 Å². The number of benzene rings is 2. The summed E-state index contributed by atoms with van der Waals surface area (Å²) in [6, 6.07) is 7.65. The highest BCUT2D eigenvalue weighted by atomic mass is 35.5. The van der Waals surface area contributed by atoms with E-state index in [2.05, 4.69) is 5.10 Å². The fourth-order valence-electron chi connectivity index (χ4n) is 1.69. The van der Waals surface area contributed by atoms with Gasteiger partial charge >= 0.3 is 6.03 Å². The Kier molecular flexibility index (Phi) is 5.71. The maximum Gasteiger partial charge on any atom is 0.332 e. The number of nitrogens with two attached hydrogens (primary N) is 1. The quantitative estimate of drug-likeness (QED) is 0.513. The second-order valence-electron chi connectivity index (χ2n) is 4.17. The van der Waals surface area contributed by atoms with E-state index in [-0.39, 0.29) is 18.2 Å². The first-order chi connectivity index (χ1) is 9.97. The number of carbonyl (C=O) groups is 1. The van der Waals surface area contributed by atoms with E-state index in [4.69, 9.17) is 10.8 Å². The van der Waals surface area contributed by atoms with E-state index in [1.54, 1.807) is 12.1 Å². The van der Waals surface area contributed by atoms with Crippen LogP contribution in [0.25, 0.3) is 11.1 Å². The summed E-state index contributed by atoms with van der Waals surface area (Å²) in [6.45, 7) is 0. The Morgan fingerprint density at radius 2 is 1.73 bits per heavy atom. The molecule has 2 amide bonds. The predicted octanol–water partition coefficient (Wildman–Crippen LogP) is 2.33. The first kappa shape index (κ1) is 17.3. The lowest BCUT2D eigenvalue weighted by Gasteiger charge is -2.06.